The summed E-state index contributed by atoms with van der Waals surface area (Å²) in [6.07, 6.45) is -0.381. The molecule has 0 aliphatic carbocycles. The van der Waals surface area contributed by atoms with Gasteiger partial charge in [0.15, 0.2) is 5.11 Å². The number of nitrogens with one attached hydrogen (secondary N) is 1. The summed E-state index contributed by atoms with van der Waals surface area (Å²) < 4.78 is 0. The largest absolute Gasteiger partial charge is 0.481 e. The van der Waals surface area contributed by atoms with Gasteiger partial charge in [0.05, 0.1) is 24.7 Å². The van der Waals surface area contributed by atoms with Gasteiger partial charge in [-0.15, -0.1) is 0 Å². The maximum Gasteiger partial charge on any atom is 0.303 e. The Morgan fingerprint density at radius 2 is 1.82 bits per heavy atom. The first-order valence-corrected chi connectivity index (χ1v) is 11.1. The lowest BCUT2D eigenvalue weighted by Crippen LogP contribution is -2.48. The second-order valence-electron chi connectivity index (χ2n) is 7.29. The Bertz CT molecular complexity index is 1080. The van der Waals surface area contributed by atoms with E-state index < -0.39 is 12.0 Å². The average molecular weight is 487 g/mol. The second kappa shape index (κ2) is 11.0. The first-order chi connectivity index (χ1) is 15.8. The molecular formula is C23H23ClN4O4S. The van der Waals surface area contributed by atoms with Crippen molar-refractivity contribution >= 4 is 52.4 Å². The van der Waals surface area contributed by atoms with Crippen LogP contribution >= 0.6 is 23.8 Å². The van der Waals surface area contributed by atoms with Crippen molar-refractivity contribution in [2.75, 3.05) is 13.1 Å². The molecule has 8 nitrogen and oxygen atoms in total. The fourth-order valence-corrected chi connectivity index (χ4v) is 3.82. The minimum atomic E-state index is -1.04. The minimum Gasteiger partial charge on any atom is -0.481 e. The van der Waals surface area contributed by atoms with Crippen molar-refractivity contribution in [1.82, 2.24) is 15.2 Å². The summed E-state index contributed by atoms with van der Waals surface area (Å²) in [5, 5.41) is 18.4. The van der Waals surface area contributed by atoms with Crippen LogP contribution in [-0.4, -0.2) is 62.8 Å². The number of halogens is 1. The summed E-state index contributed by atoms with van der Waals surface area (Å²) in [5.74, 6) is -1.70. The standard InChI is InChI=1S/C23H23ClN4O4S/c1-2-27(19(29)12-13-20(30)31)18-14-28(26-21(18)15-8-10-17(24)11-9-15)23(33)25-22(32)16-6-4-3-5-7-16/h3-11,18H,2,12-14H2,1H3,(H,30,31)(H,25,32,33). The van der Waals surface area contributed by atoms with Crippen LogP contribution in [0.25, 0.3) is 0 Å². The molecule has 3 rings (SSSR count). The van der Waals surface area contributed by atoms with Gasteiger partial charge in [-0.25, -0.2) is 5.01 Å². The summed E-state index contributed by atoms with van der Waals surface area (Å²) >= 11 is 11.4. The number of carbonyl (C=O) groups is 3. The number of hydrogen-bond donors (Lipinski definition) is 2. The Balaban J connectivity index is 1.85. The number of amides is 2. The normalized spacial score (nSPS) is 15.0. The first-order valence-electron chi connectivity index (χ1n) is 10.3. The zero-order valence-corrected chi connectivity index (χ0v) is 19.5. The second-order valence-corrected chi connectivity index (χ2v) is 8.11. The van der Waals surface area contributed by atoms with E-state index in [-0.39, 0.29) is 36.3 Å². The van der Waals surface area contributed by atoms with Crippen LogP contribution < -0.4 is 5.32 Å². The van der Waals surface area contributed by atoms with E-state index >= 15 is 0 Å². The summed E-state index contributed by atoms with van der Waals surface area (Å²) in [7, 11) is 0. The van der Waals surface area contributed by atoms with Crippen molar-refractivity contribution in [1.29, 1.82) is 0 Å². The Kier molecular flexibility index (Phi) is 8.13. The molecule has 1 aliphatic heterocycles. The number of thiocarbonyl (C=S) groups is 1. The van der Waals surface area contributed by atoms with Crippen LogP contribution in [0.15, 0.2) is 59.7 Å². The number of likely N-dealkylation sites (N-methyl/N-ethyl adjacent to an activating group) is 1. The number of carboxylic acids is 1. The topological polar surface area (TPSA) is 102 Å². The predicted octanol–water partition coefficient (Wildman–Crippen LogP) is 3.16. The number of nitrogens with zero attached hydrogens (tertiary/aromatic N) is 3. The lowest BCUT2D eigenvalue weighted by atomic mass is 10.0. The van der Waals surface area contributed by atoms with Gasteiger partial charge >= 0.3 is 5.97 Å². The number of carboxylic acid groups (broad SMARTS) is 1. The highest BCUT2D eigenvalue weighted by molar-refractivity contribution is 7.80. The van der Waals surface area contributed by atoms with Crippen LogP contribution in [0.3, 0.4) is 0 Å². The molecular weight excluding hydrogens is 464 g/mol. The van der Waals surface area contributed by atoms with Gasteiger partial charge in [-0.05, 0) is 43.4 Å². The lowest BCUT2D eigenvalue weighted by molar-refractivity contribution is -0.141. The Labute approximate surface area is 201 Å². The van der Waals surface area contributed by atoms with Crippen molar-refractivity contribution in [3.63, 3.8) is 0 Å². The maximum absolute atomic E-state index is 12.8. The Morgan fingerprint density at radius 3 is 2.42 bits per heavy atom. The molecule has 2 aromatic rings. The van der Waals surface area contributed by atoms with Crippen LogP contribution in [0.4, 0.5) is 0 Å². The molecule has 33 heavy (non-hydrogen) atoms. The van der Waals surface area contributed by atoms with Crippen LogP contribution in [0, 0.1) is 0 Å². The van der Waals surface area contributed by atoms with E-state index in [9.17, 15) is 14.4 Å². The first kappa shape index (κ1) is 24.3. The number of rotatable bonds is 7. The van der Waals surface area contributed by atoms with Gasteiger partial charge in [0.1, 0.15) is 0 Å². The molecule has 0 saturated carbocycles. The summed E-state index contributed by atoms with van der Waals surface area (Å²) in [6, 6.07) is 15.2. The molecule has 0 saturated heterocycles. The van der Waals surface area contributed by atoms with Gasteiger partial charge in [-0.1, -0.05) is 41.9 Å². The Morgan fingerprint density at radius 1 is 1.15 bits per heavy atom. The van der Waals surface area contributed by atoms with E-state index in [1.807, 2.05) is 13.0 Å². The molecule has 0 radical (unpaired) electrons. The van der Waals surface area contributed by atoms with Crippen LogP contribution in [-0.2, 0) is 9.59 Å². The Hall–Kier alpha value is -3.30. The molecule has 1 unspecified atom stereocenters. The molecule has 10 heteroatoms. The third kappa shape index (κ3) is 6.15. The van der Waals surface area contributed by atoms with Crippen LogP contribution in [0.5, 0.6) is 0 Å². The highest BCUT2D eigenvalue weighted by Gasteiger charge is 2.36. The number of benzene rings is 2. The van der Waals surface area contributed by atoms with E-state index in [2.05, 4.69) is 10.4 Å². The maximum atomic E-state index is 12.8. The monoisotopic (exact) mass is 486 g/mol. The molecule has 1 heterocycles. The molecule has 0 fully saturated rings. The molecule has 0 aromatic heterocycles. The SMILES string of the molecule is CCN(C(=O)CCC(=O)O)C1CN(C(=S)NC(=O)c2ccccc2)N=C1c1ccc(Cl)cc1. The van der Waals surface area contributed by atoms with Gasteiger partial charge in [-0.2, -0.15) is 5.10 Å². The molecule has 2 N–H and O–H groups in total. The lowest BCUT2D eigenvalue weighted by Gasteiger charge is -2.29. The van der Waals surface area contributed by atoms with Crippen molar-refractivity contribution in [3.05, 3.63) is 70.7 Å². The van der Waals surface area contributed by atoms with Crippen LogP contribution in [0.2, 0.25) is 5.02 Å². The quantitative estimate of drug-likeness (QED) is 0.583. The van der Waals surface area contributed by atoms with E-state index in [1.165, 1.54) is 5.01 Å². The highest BCUT2D eigenvalue weighted by atomic mass is 35.5. The fourth-order valence-electron chi connectivity index (χ4n) is 3.48. The van der Waals surface area contributed by atoms with Gasteiger partial charge in [0.25, 0.3) is 5.91 Å². The zero-order chi connectivity index (χ0) is 24.0. The number of aliphatic carboxylic acids is 1. The van der Waals surface area contributed by atoms with Gasteiger partial charge in [-0.3, -0.25) is 19.7 Å². The van der Waals surface area contributed by atoms with Gasteiger partial charge in [0.2, 0.25) is 5.91 Å². The van der Waals surface area contributed by atoms with Crippen molar-refractivity contribution < 1.29 is 19.5 Å². The summed E-state index contributed by atoms with van der Waals surface area (Å²) in [5.41, 5.74) is 1.78. The third-order valence-corrected chi connectivity index (χ3v) is 5.68. The molecule has 172 valence electrons. The van der Waals surface area contributed by atoms with Crippen LogP contribution in [0.1, 0.15) is 35.7 Å². The summed E-state index contributed by atoms with van der Waals surface area (Å²) in [6.45, 7) is 2.39. The van der Waals surface area contributed by atoms with Crippen molar-refractivity contribution in [2.45, 2.75) is 25.8 Å². The molecule has 0 bridgehead atoms. The highest BCUT2D eigenvalue weighted by Crippen LogP contribution is 2.22. The van der Waals surface area contributed by atoms with Crippen molar-refractivity contribution in [2.24, 2.45) is 5.10 Å². The number of hydrazone groups is 1. The van der Waals surface area contributed by atoms with E-state index in [0.29, 0.717) is 22.8 Å². The van der Waals surface area contributed by atoms with Crippen molar-refractivity contribution in [3.8, 4) is 0 Å². The number of hydrogen-bond acceptors (Lipinski definition) is 5. The van der Waals surface area contributed by atoms with E-state index in [4.69, 9.17) is 28.9 Å². The molecule has 2 aromatic carbocycles. The molecule has 2 amide bonds. The van der Waals surface area contributed by atoms with Gasteiger partial charge < -0.3 is 10.0 Å². The van der Waals surface area contributed by atoms with Gasteiger partial charge in [0, 0.05) is 29.1 Å². The third-order valence-electron chi connectivity index (χ3n) is 5.11. The molecule has 1 aliphatic rings. The minimum absolute atomic E-state index is 0.104. The zero-order valence-electron chi connectivity index (χ0n) is 17.9. The number of carbonyl (C=O) groups excluding carboxylic acids is 2. The smallest absolute Gasteiger partial charge is 0.303 e. The predicted molar refractivity (Wildman–Crippen MR) is 129 cm³/mol. The average Bonchev–Trinajstić information content (AvgIpc) is 3.24. The fraction of sp³-hybridized carbons (Fsp3) is 0.261. The molecule has 1 atom stereocenters. The van der Waals surface area contributed by atoms with E-state index in [0.717, 1.165) is 5.56 Å². The summed E-state index contributed by atoms with van der Waals surface area (Å²) in [4.78, 5) is 37.8. The van der Waals surface area contributed by atoms with E-state index in [1.54, 1.807) is 53.4 Å². The molecule has 0 spiro atoms.